The van der Waals surface area contributed by atoms with E-state index in [-0.39, 0.29) is 0 Å². The Morgan fingerprint density at radius 3 is 2.54 bits per heavy atom. The molecule has 1 atom stereocenters. The minimum Gasteiger partial charge on any atom is -0.380 e. The van der Waals surface area contributed by atoms with Gasteiger partial charge in [-0.2, -0.15) is 0 Å². The maximum Gasteiger partial charge on any atom is 0.117 e. The summed E-state index contributed by atoms with van der Waals surface area (Å²) in [5, 5.41) is 9.71. The lowest BCUT2D eigenvalue weighted by Crippen LogP contribution is -2.21. The number of allylic oxidation sites excluding steroid dienone is 1. The Hall–Kier alpha value is -0.740. The summed E-state index contributed by atoms with van der Waals surface area (Å²) >= 11 is 0. The molecule has 1 aliphatic carbocycles. The van der Waals surface area contributed by atoms with Crippen molar-refractivity contribution < 1.29 is 5.11 Å². The van der Waals surface area contributed by atoms with E-state index in [4.69, 9.17) is 0 Å². The van der Waals surface area contributed by atoms with Crippen LogP contribution in [0.15, 0.2) is 12.2 Å². The van der Waals surface area contributed by atoms with Crippen molar-refractivity contribution in [1.29, 1.82) is 0 Å². The molecular formula is C12H18O. The van der Waals surface area contributed by atoms with Crippen molar-refractivity contribution in [1.82, 2.24) is 0 Å². The van der Waals surface area contributed by atoms with Gasteiger partial charge >= 0.3 is 0 Å². The van der Waals surface area contributed by atoms with Gasteiger partial charge in [0.25, 0.3) is 0 Å². The highest BCUT2D eigenvalue weighted by Crippen LogP contribution is 2.26. The smallest absolute Gasteiger partial charge is 0.117 e. The first-order chi connectivity index (χ1) is 6.20. The van der Waals surface area contributed by atoms with Gasteiger partial charge in [-0.3, -0.25) is 0 Å². The SMILES string of the molecule is C=C(C)C#C[C@H](O)C1CCCCC1. The van der Waals surface area contributed by atoms with Crippen LogP contribution in [0.25, 0.3) is 0 Å². The topological polar surface area (TPSA) is 20.2 Å². The highest BCUT2D eigenvalue weighted by Gasteiger charge is 2.19. The standard InChI is InChI=1S/C12H18O/c1-10(2)8-9-12(13)11-6-4-3-5-7-11/h11-13H,1,3-7H2,2H3/t12-/m0/s1. The number of rotatable bonds is 1. The third-order valence-electron chi connectivity index (χ3n) is 2.53. The zero-order valence-corrected chi connectivity index (χ0v) is 8.34. The van der Waals surface area contributed by atoms with Crippen molar-refractivity contribution in [3.8, 4) is 11.8 Å². The maximum atomic E-state index is 9.71. The lowest BCUT2D eigenvalue weighted by Gasteiger charge is -2.23. The van der Waals surface area contributed by atoms with E-state index < -0.39 is 6.10 Å². The molecule has 1 N–H and O–H groups in total. The van der Waals surface area contributed by atoms with Gasteiger partial charge in [-0.25, -0.2) is 0 Å². The van der Waals surface area contributed by atoms with Crippen molar-refractivity contribution in [2.24, 2.45) is 5.92 Å². The lowest BCUT2D eigenvalue weighted by molar-refractivity contribution is 0.133. The molecule has 0 bridgehead atoms. The van der Waals surface area contributed by atoms with Gasteiger partial charge < -0.3 is 5.11 Å². The normalized spacial score (nSPS) is 20.2. The van der Waals surface area contributed by atoms with Gasteiger partial charge in [0, 0.05) is 0 Å². The molecule has 1 heteroatoms. The summed E-state index contributed by atoms with van der Waals surface area (Å²) in [6.07, 6.45) is 5.64. The molecule has 1 rings (SSSR count). The molecule has 0 heterocycles. The molecule has 0 saturated heterocycles. The molecule has 0 radical (unpaired) electrons. The summed E-state index contributed by atoms with van der Waals surface area (Å²) in [6, 6.07) is 0. The van der Waals surface area contributed by atoms with Crippen LogP contribution in [0.1, 0.15) is 39.0 Å². The number of aliphatic hydroxyl groups excluding tert-OH is 1. The van der Waals surface area contributed by atoms with E-state index in [9.17, 15) is 5.11 Å². The highest BCUT2D eigenvalue weighted by atomic mass is 16.3. The van der Waals surface area contributed by atoms with Crippen LogP contribution >= 0.6 is 0 Å². The molecule has 72 valence electrons. The van der Waals surface area contributed by atoms with E-state index in [1.54, 1.807) is 0 Å². The Bertz CT molecular complexity index is 225. The second-order valence-electron chi connectivity index (χ2n) is 3.89. The Morgan fingerprint density at radius 2 is 2.00 bits per heavy atom. The molecule has 0 aromatic heterocycles. The fourth-order valence-corrected chi connectivity index (χ4v) is 1.76. The molecule has 0 amide bonds. The molecule has 0 spiro atoms. The fourth-order valence-electron chi connectivity index (χ4n) is 1.76. The molecule has 1 fully saturated rings. The predicted molar refractivity (Wildman–Crippen MR) is 55.2 cm³/mol. The van der Waals surface area contributed by atoms with Crippen molar-refractivity contribution in [3.63, 3.8) is 0 Å². The van der Waals surface area contributed by atoms with Crippen molar-refractivity contribution in [3.05, 3.63) is 12.2 Å². The predicted octanol–water partition coefficient (Wildman–Crippen LogP) is 2.51. The highest BCUT2D eigenvalue weighted by molar-refractivity contribution is 5.25. The van der Waals surface area contributed by atoms with Crippen LogP contribution in [-0.2, 0) is 0 Å². The minimum absolute atomic E-state index is 0.403. The van der Waals surface area contributed by atoms with E-state index in [0.29, 0.717) is 5.92 Å². The van der Waals surface area contributed by atoms with Crippen molar-refractivity contribution in [2.75, 3.05) is 0 Å². The first kappa shape index (κ1) is 10.3. The lowest BCUT2D eigenvalue weighted by atomic mass is 9.85. The molecule has 0 unspecified atom stereocenters. The second-order valence-corrected chi connectivity index (χ2v) is 3.89. The Kier molecular flexibility index (Phi) is 4.05. The van der Waals surface area contributed by atoms with Gasteiger partial charge in [0.1, 0.15) is 6.10 Å². The summed E-state index contributed by atoms with van der Waals surface area (Å²) in [5.74, 6) is 6.11. The Labute approximate surface area is 80.9 Å². The fraction of sp³-hybridized carbons (Fsp3) is 0.667. The van der Waals surface area contributed by atoms with Crippen LogP contribution in [0.4, 0.5) is 0 Å². The van der Waals surface area contributed by atoms with Gasteiger partial charge in [-0.05, 0) is 31.3 Å². The molecule has 13 heavy (non-hydrogen) atoms. The first-order valence-electron chi connectivity index (χ1n) is 5.05. The van der Waals surface area contributed by atoms with Crippen molar-refractivity contribution in [2.45, 2.75) is 45.1 Å². The molecule has 1 saturated carbocycles. The molecule has 0 aromatic rings. The zero-order valence-electron chi connectivity index (χ0n) is 8.34. The van der Waals surface area contributed by atoms with E-state index in [2.05, 4.69) is 18.4 Å². The van der Waals surface area contributed by atoms with E-state index in [1.807, 2.05) is 6.92 Å². The molecular weight excluding hydrogens is 160 g/mol. The third kappa shape index (κ3) is 3.65. The van der Waals surface area contributed by atoms with E-state index >= 15 is 0 Å². The van der Waals surface area contributed by atoms with Crippen LogP contribution in [-0.4, -0.2) is 11.2 Å². The first-order valence-corrected chi connectivity index (χ1v) is 5.05. The largest absolute Gasteiger partial charge is 0.380 e. The summed E-state index contributed by atoms with van der Waals surface area (Å²) in [7, 11) is 0. The second kappa shape index (κ2) is 5.09. The Balaban J connectivity index is 2.42. The van der Waals surface area contributed by atoms with Gasteiger partial charge in [0.05, 0.1) is 0 Å². The van der Waals surface area contributed by atoms with Crippen LogP contribution < -0.4 is 0 Å². The van der Waals surface area contributed by atoms with Crippen LogP contribution in [0.2, 0.25) is 0 Å². The van der Waals surface area contributed by atoms with Crippen molar-refractivity contribution >= 4 is 0 Å². The third-order valence-corrected chi connectivity index (χ3v) is 2.53. The van der Waals surface area contributed by atoms with Gasteiger partial charge in [0.2, 0.25) is 0 Å². The minimum atomic E-state index is -0.433. The molecule has 0 aromatic carbocycles. The van der Waals surface area contributed by atoms with Gasteiger partial charge in [0.15, 0.2) is 0 Å². The summed E-state index contributed by atoms with van der Waals surface area (Å²) in [6.45, 7) is 5.55. The average molecular weight is 178 g/mol. The number of hydrogen-bond donors (Lipinski definition) is 1. The molecule has 1 aliphatic rings. The van der Waals surface area contributed by atoms with E-state index in [0.717, 1.165) is 18.4 Å². The van der Waals surface area contributed by atoms with Gasteiger partial charge in [-0.15, -0.1) is 0 Å². The summed E-state index contributed by atoms with van der Waals surface area (Å²) in [4.78, 5) is 0. The van der Waals surface area contributed by atoms with E-state index in [1.165, 1.54) is 19.3 Å². The average Bonchev–Trinajstić information content (AvgIpc) is 2.15. The number of aliphatic hydroxyl groups is 1. The quantitative estimate of drug-likeness (QED) is 0.612. The van der Waals surface area contributed by atoms with Crippen LogP contribution in [0.3, 0.4) is 0 Å². The van der Waals surface area contributed by atoms with Gasteiger partial charge in [-0.1, -0.05) is 37.7 Å². The maximum absolute atomic E-state index is 9.71. The Morgan fingerprint density at radius 1 is 1.38 bits per heavy atom. The summed E-state index contributed by atoms with van der Waals surface area (Å²) in [5.41, 5.74) is 0.829. The monoisotopic (exact) mass is 178 g/mol. The molecule has 1 nitrogen and oxygen atoms in total. The summed E-state index contributed by atoms with van der Waals surface area (Å²) < 4.78 is 0. The van der Waals surface area contributed by atoms with Crippen LogP contribution in [0.5, 0.6) is 0 Å². The molecule has 0 aliphatic heterocycles. The zero-order chi connectivity index (χ0) is 9.68. The number of hydrogen-bond acceptors (Lipinski definition) is 1. The van der Waals surface area contributed by atoms with Crippen LogP contribution in [0, 0.1) is 17.8 Å².